The molecule has 30 heavy (non-hydrogen) atoms. The molecule has 3 aromatic rings. The maximum Gasteiger partial charge on any atom is 0.196 e. The van der Waals surface area contributed by atoms with Crippen molar-refractivity contribution in [1.29, 1.82) is 0 Å². The SMILES string of the molecule is COc1ccc(C2Oc3ccc(O)cc3C(=O)C2=Cc2ccc(O)c(OC)c2)cc1. The van der Waals surface area contributed by atoms with Crippen LogP contribution in [-0.2, 0) is 0 Å². The predicted molar refractivity (Wildman–Crippen MR) is 111 cm³/mol. The number of hydrogen-bond acceptors (Lipinski definition) is 6. The molecule has 3 aromatic carbocycles. The van der Waals surface area contributed by atoms with Crippen molar-refractivity contribution in [2.75, 3.05) is 14.2 Å². The van der Waals surface area contributed by atoms with Crippen molar-refractivity contribution in [2.45, 2.75) is 6.10 Å². The number of methoxy groups -OCH3 is 2. The van der Waals surface area contributed by atoms with Crippen LogP contribution in [0, 0.1) is 0 Å². The van der Waals surface area contributed by atoms with E-state index in [1.54, 1.807) is 43.5 Å². The van der Waals surface area contributed by atoms with Crippen LogP contribution in [-0.4, -0.2) is 30.2 Å². The maximum absolute atomic E-state index is 13.3. The Labute approximate surface area is 173 Å². The molecule has 0 amide bonds. The summed E-state index contributed by atoms with van der Waals surface area (Å²) in [6.07, 6.45) is 1.05. The highest BCUT2D eigenvalue weighted by Gasteiger charge is 2.33. The van der Waals surface area contributed by atoms with Gasteiger partial charge in [-0.15, -0.1) is 0 Å². The fourth-order valence-electron chi connectivity index (χ4n) is 3.39. The highest BCUT2D eigenvalue weighted by atomic mass is 16.5. The second kappa shape index (κ2) is 7.83. The minimum absolute atomic E-state index is 0.00726. The van der Waals surface area contributed by atoms with E-state index < -0.39 is 6.10 Å². The van der Waals surface area contributed by atoms with Gasteiger partial charge in [0.25, 0.3) is 0 Å². The lowest BCUT2D eigenvalue weighted by atomic mass is 9.89. The third-order valence-corrected chi connectivity index (χ3v) is 4.94. The molecule has 2 N–H and O–H groups in total. The Balaban J connectivity index is 1.85. The second-order valence-electron chi connectivity index (χ2n) is 6.81. The van der Waals surface area contributed by atoms with Crippen molar-refractivity contribution >= 4 is 11.9 Å². The summed E-state index contributed by atoms with van der Waals surface area (Å²) < 4.78 is 16.5. The van der Waals surface area contributed by atoms with Crippen molar-refractivity contribution < 1.29 is 29.2 Å². The molecule has 1 aliphatic rings. The molecule has 0 spiro atoms. The number of carbonyl (C=O) groups is 1. The summed E-state index contributed by atoms with van der Waals surface area (Å²) in [4.78, 5) is 13.3. The molecule has 1 unspecified atom stereocenters. The van der Waals surface area contributed by atoms with Gasteiger partial charge >= 0.3 is 0 Å². The van der Waals surface area contributed by atoms with Gasteiger partial charge in [-0.3, -0.25) is 4.79 Å². The first kappa shape index (κ1) is 19.4. The zero-order chi connectivity index (χ0) is 21.3. The lowest BCUT2D eigenvalue weighted by Gasteiger charge is -2.28. The van der Waals surface area contributed by atoms with Crippen LogP contribution in [0.25, 0.3) is 6.08 Å². The van der Waals surface area contributed by atoms with Crippen LogP contribution in [0.5, 0.6) is 28.7 Å². The highest BCUT2D eigenvalue weighted by Crippen LogP contribution is 2.41. The molecule has 1 atom stereocenters. The smallest absolute Gasteiger partial charge is 0.196 e. The molecule has 0 bridgehead atoms. The number of phenolic OH excluding ortho intramolecular Hbond substituents is 2. The number of ether oxygens (including phenoxy) is 3. The van der Waals surface area contributed by atoms with Crippen LogP contribution < -0.4 is 14.2 Å². The molecule has 4 rings (SSSR count). The van der Waals surface area contributed by atoms with E-state index >= 15 is 0 Å². The number of Topliss-reactive ketones (excluding diaryl/α,β-unsaturated/α-hetero) is 1. The van der Waals surface area contributed by atoms with Gasteiger partial charge in [-0.1, -0.05) is 18.2 Å². The van der Waals surface area contributed by atoms with Crippen molar-refractivity contribution in [3.8, 4) is 28.7 Å². The van der Waals surface area contributed by atoms with Gasteiger partial charge < -0.3 is 24.4 Å². The predicted octanol–water partition coefficient (Wildman–Crippen LogP) is 4.52. The lowest BCUT2D eigenvalue weighted by molar-refractivity contribution is 0.0963. The van der Waals surface area contributed by atoms with E-state index in [4.69, 9.17) is 14.2 Å². The fourth-order valence-corrected chi connectivity index (χ4v) is 3.39. The van der Waals surface area contributed by atoms with Gasteiger partial charge in [-0.05, 0) is 59.7 Å². The molecule has 0 aromatic heterocycles. The summed E-state index contributed by atoms with van der Waals surface area (Å²) in [5.41, 5.74) is 2.13. The molecule has 6 heteroatoms. The van der Waals surface area contributed by atoms with Crippen LogP contribution in [0.4, 0.5) is 0 Å². The Morgan fingerprint density at radius 3 is 2.40 bits per heavy atom. The second-order valence-corrected chi connectivity index (χ2v) is 6.81. The van der Waals surface area contributed by atoms with Gasteiger partial charge in [-0.2, -0.15) is 0 Å². The van der Waals surface area contributed by atoms with E-state index in [1.165, 1.54) is 25.3 Å². The summed E-state index contributed by atoms with van der Waals surface area (Å²) in [5.74, 6) is 1.14. The van der Waals surface area contributed by atoms with Gasteiger partial charge in [0, 0.05) is 5.57 Å². The number of hydrogen-bond donors (Lipinski definition) is 2. The molecular formula is C24H20O6. The molecule has 152 valence electrons. The largest absolute Gasteiger partial charge is 0.508 e. The van der Waals surface area contributed by atoms with Gasteiger partial charge in [0.2, 0.25) is 0 Å². The number of ketones is 1. The monoisotopic (exact) mass is 404 g/mol. The lowest BCUT2D eigenvalue weighted by Crippen LogP contribution is -2.23. The summed E-state index contributed by atoms with van der Waals surface area (Å²) in [6.45, 7) is 0. The van der Waals surface area contributed by atoms with Gasteiger partial charge in [0.1, 0.15) is 17.2 Å². The van der Waals surface area contributed by atoms with Crippen molar-refractivity contribution in [2.24, 2.45) is 0 Å². The fraction of sp³-hybridized carbons (Fsp3) is 0.125. The van der Waals surface area contributed by atoms with E-state index in [2.05, 4.69) is 0 Å². The number of aromatic hydroxyl groups is 2. The minimum Gasteiger partial charge on any atom is -0.508 e. The summed E-state index contributed by atoms with van der Waals surface area (Å²) >= 11 is 0. The first-order chi connectivity index (χ1) is 14.5. The highest BCUT2D eigenvalue weighted by molar-refractivity contribution is 6.14. The summed E-state index contributed by atoms with van der Waals surface area (Å²) in [5, 5.41) is 19.7. The quantitative estimate of drug-likeness (QED) is 0.622. The normalized spacial score (nSPS) is 16.7. The Hall–Kier alpha value is -3.93. The maximum atomic E-state index is 13.3. The van der Waals surface area contributed by atoms with E-state index in [-0.39, 0.29) is 22.8 Å². The van der Waals surface area contributed by atoms with Crippen molar-refractivity contribution in [1.82, 2.24) is 0 Å². The first-order valence-corrected chi connectivity index (χ1v) is 9.27. The molecule has 0 saturated carbocycles. The minimum atomic E-state index is -0.653. The summed E-state index contributed by atoms with van der Waals surface area (Å²) in [7, 11) is 3.04. The molecule has 1 aliphatic heterocycles. The van der Waals surface area contributed by atoms with E-state index in [0.29, 0.717) is 28.4 Å². The van der Waals surface area contributed by atoms with Crippen molar-refractivity contribution in [3.63, 3.8) is 0 Å². The Bertz CT molecular complexity index is 1130. The first-order valence-electron chi connectivity index (χ1n) is 9.27. The van der Waals surface area contributed by atoms with E-state index in [9.17, 15) is 15.0 Å². The van der Waals surface area contributed by atoms with E-state index in [1.807, 2.05) is 12.1 Å². The van der Waals surface area contributed by atoms with E-state index in [0.717, 1.165) is 5.56 Å². The van der Waals surface area contributed by atoms with Crippen molar-refractivity contribution in [3.05, 3.63) is 82.9 Å². The third kappa shape index (κ3) is 3.55. The number of phenols is 2. The van der Waals surface area contributed by atoms with Crippen LogP contribution in [0.1, 0.15) is 27.6 Å². The molecule has 0 radical (unpaired) electrons. The molecular weight excluding hydrogens is 384 g/mol. The standard InChI is InChI=1S/C24H20O6/c1-28-17-7-4-15(5-8-17)24-19(11-14-3-9-20(26)22(12-14)29-2)23(27)18-13-16(25)6-10-21(18)30-24/h3-13,24-26H,1-2H3. The zero-order valence-corrected chi connectivity index (χ0v) is 16.5. The number of carbonyl (C=O) groups excluding carboxylic acids is 1. The van der Waals surface area contributed by atoms with Gasteiger partial charge in [0.15, 0.2) is 23.4 Å². The number of fused-ring (bicyclic) bond motifs is 1. The average Bonchev–Trinajstić information content (AvgIpc) is 2.77. The molecule has 6 nitrogen and oxygen atoms in total. The molecule has 1 heterocycles. The molecule has 0 fully saturated rings. The van der Waals surface area contributed by atoms with Crippen LogP contribution >= 0.6 is 0 Å². The zero-order valence-electron chi connectivity index (χ0n) is 16.5. The average molecular weight is 404 g/mol. The number of benzene rings is 3. The Kier molecular flexibility index (Phi) is 5.06. The third-order valence-electron chi connectivity index (χ3n) is 4.94. The Morgan fingerprint density at radius 2 is 1.70 bits per heavy atom. The summed E-state index contributed by atoms with van der Waals surface area (Å²) in [6, 6.07) is 16.6. The van der Waals surface area contributed by atoms with Gasteiger partial charge in [0.05, 0.1) is 19.8 Å². The van der Waals surface area contributed by atoms with Crippen LogP contribution in [0.2, 0.25) is 0 Å². The Morgan fingerprint density at radius 1 is 0.933 bits per heavy atom. The topological polar surface area (TPSA) is 85.2 Å². The van der Waals surface area contributed by atoms with Crippen LogP contribution in [0.15, 0.2) is 66.2 Å². The molecule has 0 saturated heterocycles. The number of rotatable bonds is 4. The van der Waals surface area contributed by atoms with Crippen LogP contribution in [0.3, 0.4) is 0 Å². The molecule has 0 aliphatic carbocycles. The van der Waals surface area contributed by atoms with Gasteiger partial charge in [-0.25, -0.2) is 0 Å².